The van der Waals surface area contributed by atoms with E-state index in [-0.39, 0.29) is 30.4 Å². The van der Waals surface area contributed by atoms with E-state index in [1.54, 1.807) is 19.1 Å². The second-order valence-corrected chi connectivity index (χ2v) is 10.5. The number of anilines is 1. The molecule has 216 valence electrons. The van der Waals surface area contributed by atoms with E-state index in [0.717, 1.165) is 48.6 Å². The van der Waals surface area contributed by atoms with Crippen molar-refractivity contribution in [2.24, 2.45) is 5.92 Å². The molecule has 0 radical (unpaired) electrons. The lowest BCUT2D eigenvalue weighted by atomic mass is 9.99. The molecule has 0 aromatic heterocycles. The molecule has 1 aliphatic rings. The highest BCUT2D eigenvalue weighted by Gasteiger charge is 2.40. The summed E-state index contributed by atoms with van der Waals surface area (Å²) in [5.41, 5.74) is 3.95. The largest absolute Gasteiger partial charge is 0.407 e. The van der Waals surface area contributed by atoms with Gasteiger partial charge in [-0.1, -0.05) is 73.7 Å². The average molecular weight is 564 g/mol. The number of hydrogen-bond acceptors (Lipinski definition) is 5. The summed E-state index contributed by atoms with van der Waals surface area (Å²) in [4.78, 5) is 14.8. The Bertz CT molecular complexity index is 1280. The molecule has 3 aromatic rings. The first kappa shape index (κ1) is 30.1. The number of halogens is 3. The summed E-state index contributed by atoms with van der Waals surface area (Å²) >= 11 is 0. The number of nitrogens with one attached hydrogen (secondary N) is 3. The van der Waals surface area contributed by atoms with Crippen LogP contribution in [0.1, 0.15) is 30.5 Å². The normalized spacial score (nSPS) is 15.9. The fourth-order valence-electron chi connectivity index (χ4n) is 5.02. The molecule has 0 aliphatic carbocycles. The van der Waals surface area contributed by atoms with Gasteiger partial charge in [0.2, 0.25) is 5.91 Å². The van der Waals surface area contributed by atoms with Crippen LogP contribution in [0.25, 0.3) is 11.1 Å². The summed E-state index contributed by atoms with van der Waals surface area (Å²) in [5, 5.41) is 18.0. The van der Waals surface area contributed by atoms with E-state index in [1.165, 1.54) is 12.1 Å². The first-order valence-electron chi connectivity index (χ1n) is 13.9. The van der Waals surface area contributed by atoms with Crippen molar-refractivity contribution >= 4 is 11.6 Å². The molecule has 0 bridgehead atoms. The fraction of sp³-hybridized carbons (Fsp3) is 0.375. The summed E-state index contributed by atoms with van der Waals surface area (Å²) in [6.45, 7) is 5.48. The molecule has 1 aliphatic heterocycles. The monoisotopic (exact) mass is 563 g/mol. The predicted molar refractivity (Wildman–Crippen MR) is 155 cm³/mol. The lowest BCUT2D eigenvalue weighted by Gasteiger charge is -2.29. The molecule has 3 aromatic carbocycles. The number of benzene rings is 3. The number of carbonyl (C=O) groups excluding carboxylic acids is 1. The van der Waals surface area contributed by atoms with Crippen LogP contribution in [-0.4, -0.2) is 50.8 Å². The van der Waals surface area contributed by atoms with Gasteiger partial charge >= 0.3 is 6.18 Å². The van der Waals surface area contributed by atoms with E-state index in [9.17, 15) is 23.2 Å². The molecule has 4 rings (SSSR count). The van der Waals surface area contributed by atoms with Crippen molar-refractivity contribution in [3.63, 3.8) is 0 Å². The maximum atomic E-state index is 14.0. The van der Waals surface area contributed by atoms with Gasteiger partial charge in [-0.2, -0.15) is 18.4 Å². The summed E-state index contributed by atoms with van der Waals surface area (Å²) < 4.78 is 42.0. The highest BCUT2D eigenvalue weighted by molar-refractivity contribution is 5.77. The Labute approximate surface area is 239 Å². The standard InChI is InChI=1S/C32H36F3N5O/c1-23(19-30(41)39-28(21-36)20-24-5-3-2-4-6-24)22-38-31(32(33,34)35)27-9-7-25(8-10-27)26-11-13-29(14-12-26)40-17-15-37-16-18-40/h2-14,23,28,31,37-38H,15-20,22H2,1H3,(H,39,41)/t23-,28?,31-/m0/s1. The summed E-state index contributed by atoms with van der Waals surface area (Å²) in [7, 11) is 0. The zero-order valence-electron chi connectivity index (χ0n) is 23.1. The van der Waals surface area contributed by atoms with Crippen LogP contribution in [0.4, 0.5) is 18.9 Å². The summed E-state index contributed by atoms with van der Waals surface area (Å²) in [6, 6.07) is 23.4. The molecular weight excluding hydrogens is 527 g/mol. The Morgan fingerprint density at radius 1 is 0.976 bits per heavy atom. The highest BCUT2D eigenvalue weighted by atomic mass is 19.4. The van der Waals surface area contributed by atoms with Crippen molar-refractivity contribution < 1.29 is 18.0 Å². The zero-order chi connectivity index (χ0) is 29.2. The molecular formula is C32H36F3N5O. The second-order valence-electron chi connectivity index (χ2n) is 10.5. The van der Waals surface area contributed by atoms with Crippen LogP contribution in [0.5, 0.6) is 0 Å². The molecule has 9 heteroatoms. The van der Waals surface area contributed by atoms with Crippen molar-refractivity contribution in [1.82, 2.24) is 16.0 Å². The molecule has 1 heterocycles. The SMILES string of the molecule is C[C@H](CN[C@@H](c1ccc(-c2ccc(N3CCNCC3)cc2)cc1)C(F)(F)F)CC(=O)NC(C#N)Cc1ccccc1. The van der Waals surface area contributed by atoms with Gasteiger partial charge in [0.05, 0.1) is 6.07 Å². The van der Waals surface area contributed by atoms with E-state index in [2.05, 4.69) is 26.9 Å². The van der Waals surface area contributed by atoms with Gasteiger partial charge in [-0.25, -0.2) is 0 Å². The van der Waals surface area contributed by atoms with Crippen LogP contribution in [0.15, 0.2) is 78.9 Å². The summed E-state index contributed by atoms with van der Waals surface area (Å²) in [6.07, 6.45) is -4.13. The van der Waals surface area contributed by atoms with Gasteiger partial charge in [0, 0.05) is 44.7 Å². The number of nitrogens with zero attached hydrogens (tertiary/aromatic N) is 2. The minimum absolute atomic E-state index is 0.00736. The second kappa shape index (κ2) is 14.2. The van der Waals surface area contributed by atoms with E-state index < -0.39 is 18.3 Å². The summed E-state index contributed by atoms with van der Waals surface area (Å²) in [5.74, 6) is -0.734. The van der Waals surface area contributed by atoms with E-state index >= 15 is 0 Å². The highest BCUT2D eigenvalue weighted by Crippen LogP contribution is 2.34. The Morgan fingerprint density at radius 3 is 2.17 bits per heavy atom. The molecule has 1 fully saturated rings. The van der Waals surface area contributed by atoms with Crippen molar-refractivity contribution in [2.75, 3.05) is 37.6 Å². The number of rotatable bonds is 11. The zero-order valence-corrected chi connectivity index (χ0v) is 23.1. The Balaban J connectivity index is 1.32. The first-order chi connectivity index (χ1) is 19.7. The number of carbonyl (C=O) groups is 1. The number of alkyl halides is 3. The molecule has 1 unspecified atom stereocenters. The van der Waals surface area contributed by atoms with Crippen LogP contribution in [0.3, 0.4) is 0 Å². The van der Waals surface area contributed by atoms with Gasteiger partial charge < -0.3 is 20.9 Å². The predicted octanol–water partition coefficient (Wildman–Crippen LogP) is 5.23. The minimum atomic E-state index is -4.50. The minimum Gasteiger partial charge on any atom is -0.369 e. The van der Waals surface area contributed by atoms with Crippen molar-refractivity contribution in [1.29, 1.82) is 5.26 Å². The van der Waals surface area contributed by atoms with Crippen LogP contribution >= 0.6 is 0 Å². The van der Waals surface area contributed by atoms with Gasteiger partial charge in [0.15, 0.2) is 0 Å². The smallest absolute Gasteiger partial charge is 0.369 e. The molecule has 6 nitrogen and oxygen atoms in total. The molecule has 0 spiro atoms. The molecule has 0 saturated carbocycles. The third-order valence-corrected chi connectivity index (χ3v) is 7.23. The van der Waals surface area contributed by atoms with E-state index in [1.807, 2.05) is 54.6 Å². The fourth-order valence-corrected chi connectivity index (χ4v) is 5.02. The Hall–Kier alpha value is -3.87. The number of piperazine rings is 1. The molecule has 41 heavy (non-hydrogen) atoms. The lowest BCUT2D eigenvalue weighted by Crippen LogP contribution is -2.43. The van der Waals surface area contributed by atoms with Crippen molar-refractivity contribution in [3.05, 3.63) is 90.0 Å². The maximum absolute atomic E-state index is 14.0. The van der Waals surface area contributed by atoms with Gasteiger partial charge in [-0.15, -0.1) is 0 Å². The Morgan fingerprint density at radius 2 is 1.59 bits per heavy atom. The number of amides is 1. The van der Waals surface area contributed by atoms with Gasteiger partial charge in [-0.3, -0.25) is 4.79 Å². The molecule has 3 N–H and O–H groups in total. The number of hydrogen-bond donors (Lipinski definition) is 3. The van der Waals surface area contributed by atoms with Crippen LogP contribution in [0, 0.1) is 17.2 Å². The molecule has 1 saturated heterocycles. The van der Waals surface area contributed by atoms with Crippen LogP contribution in [0.2, 0.25) is 0 Å². The topological polar surface area (TPSA) is 80.2 Å². The van der Waals surface area contributed by atoms with Crippen LogP contribution < -0.4 is 20.9 Å². The third kappa shape index (κ3) is 8.81. The van der Waals surface area contributed by atoms with E-state index in [4.69, 9.17) is 0 Å². The quantitative estimate of drug-likeness (QED) is 0.298. The maximum Gasteiger partial charge on any atom is 0.407 e. The van der Waals surface area contributed by atoms with Crippen LogP contribution in [-0.2, 0) is 11.2 Å². The lowest BCUT2D eigenvalue weighted by molar-refractivity contribution is -0.158. The van der Waals surface area contributed by atoms with Gasteiger partial charge in [0.25, 0.3) is 0 Å². The molecule has 1 amide bonds. The van der Waals surface area contributed by atoms with Gasteiger partial charge in [-0.05, 0) is 46.8 Å². The first-order valence-corrected chi connectivity index (χ1v) is 13.9. The van der Waals surface area contributed by atoms with E-state index in [0.29, 0.717) is 6.42 Å². The third-order valence-electron chi connectivity index (χ3n) is 7.23. The molecule has 3 atom stereocenters. The number of nitriles is 1. The average Bonchev–Trinajstić information content (AvgIpc) is 2.97. The van der Waals surface area contributed by atoms with Gasteiger partial charge in [0.1, 0.15) is 12.1 Å². The Kier molecular flexibility index (Phi) is 10.4. The van der Waals surface area contributed by atoms with Crippen molar-refractivity contribution in [2.45, 2.75) is 38.0 Å². The van der Waals surface area contributed by atoms with Crippen molar-refractivity contribution in [3.8, 4) is 17.2 Å².